The topological polar surface area (TPSA) is 50.9 Å². The van der Waals surface area contributed by atoms with Crippen LogP contribution in [0.1, 0.15) is 38.2 Å². The number of nitrogens with two attached hydrogens (primary N) is 1. The van der Waals surface area contributed by atoms with E-state index >= 15 is 0 Å². The van der Waals surface area contributed by atoms with E-state index in [0.717, 1.165) is 28.1 Å². The van der Waals surface area contributed by atoms with Gasteiger partial charge in [-0.1, -0.05) is 37.3 Å². The third-order valence-corrected chi connectivity index (χ3v) is 4.63. The van der Waals surface area contributed by atoms with E-state index in [2.05, 4.69) is 23.3 Å². The van der Waals surface area contributed by atoms with Gasteiger partial charge in [-0.15, -0.1) is 0 Å². The molecular weight excluding hydrogens is 278 g/mol. The fourth-order valence-corrected chi connectivity index (χ4v) is 3.25. The lowest BCUT2D eigenvalue weighted by Crippen LogP contribution is -2.27. The normalized spacial score (nSPS) is 22.1. The van der Waals surface area contributed by atoms with Crippen LogP contribution in [-0.2, 0) is 0 Å². The van der Waals surface area contributed by atoms with E-state index in [-0.39, 0.29) is 0 Å². The second-order valence-electron chi connectivity index (χ2n) is 6.03. The number of thiocarbonyl (C=S) groups is 1. The van der Waals surface area contributed by atoms with Gasteiger partial charge in [-0.25, -0.2) is 0 Å². The molecule has 2 aromatic rings. The lowest BCUT2D eigenvalue weighted by atomic mass is 9.87. The number of aromatic nitrogens is 1. The van der Waals surface area contributed by atoms with Gasteiger partial charge in [-0.3, -0.25) is 4.98 Å². The number of benzene rings is 1. The molecule has 0 amide bonds. The first-order valence-corrected chi connectivity index (χ1v) is 8.00. The Kier molecular flexibility index (Phi) is 4.06. The summed E-state index contributed by atoms with van der Waals surface area (Å²) in [5.41, 5.74) is 8.76. The molecule has 3 rings (SSSR count). The van der Waals surface area contributed by atoms with Gasteiger partial charge in [0.15, 0.2) is 0 Å². The molecule has 0 atom stereocenters. The van der Waals surface area contributed by atoms with Gasteiger partial charge in [0.1, 0.15) is 4.99 Å². The number of rotatable bonds is 3. The Morgan fingerprint density at radius 2 is 1.95 bits per heavy atom. The molecule has 1 aliphatic rings. The first-order chi connectivity index (χ1) is 10.1. The lowest BCUT2D eigenvalue weighted by molar-refractivity contribution is 0.361. The molecule has 0 radical (unpaired) electrons. The SMILES string of the molecule is CC1CCC(Nc2c(C(N)=S)cnc3ccccc23)CC1. The fourth-order valence-electron chi connectivity index (χ4n) is 3.09. The average molecular weight is 299 g/mol. The van der Waals surface area contributed by atoms with Crippen molar-refractivity contribution in [1.29, 1.82) is 0 Å². The molecule has 21 heavy (non-hydrogen) atoms. The molecule has 1 aliphatic carbocycles. The van der Waals surface area contributed by atoms with Gasteiger partial charge in [-0.05, 0) is 37.7 Å². The van der Waals surface area contributed by atoms with Crippen molar-refractivity contribution < 1.29 is 0 Å². The summed E-state index contributed by atoms with van der Waals surface area (Å²) in [5.74, 6) is 0.840. The van der Waals surface area contributed by atoms with E-state index < -0.39 is 0 Å². The van der Waals surface area contributed by atoms with E-state index in [4.69, 9.17) is 18.0 Å². The van der Waals surface area contributed by atoms with Gasteiger partial charge in [0.2, 0.25) is 0 Å². The molecule has 1 aromatic heterocycles. The van der Waals surface area contributed by atoms with Crippen molar-refractivity contribution in [1.82, 2.24) is 4.98 Å². The zero-order valence-electron chi connectivity index (χ0n) is 12.3. The second-order valence-corrected chi connectivity index (χ2v) is 6.47. The summed E-state index contributed by atoms with van der Waals surface area (Å²) in [6.07, 6.45) is 6.76. The maximum absolute atomic E-state index is 5.88. The van der Waals surface area contributed by atoms with Gasteiger partial charge >= 0.3 is 0 Å². The van der Waals surface area contributed by atoms with E-state index in [0.29, 0.717) is 11.0 Å². The summed E-state index contributed by atoms with van der Waals surface area (Å²) < 4.78 is 0. The lowest BCUT2D eigenvalue weighted by Gasteiger charge is -2.29. The van der Waals surface area contributed by atoms with Crippen molar-refractivity contribution in [2.45, 2.75) is 38.6 Å². The zero-order chi connectivity index (χ0) is 14.8. The second kappa shape index (κ2) is 5.98. The zero-order valence-corrected chi connectivity index (χ0v) is 13.1. The number of anilines is 1. The molecule has 0 aliphatic heterocycles. The molecule has 3 N–H and O–H groups in total. The molecule has 1 aromatic carbocycles. The van der Waals surface area contributed by atoms with Crippen LogP contribution < -0.4 is 11.1 Å². The molecule has 1 heterocycles. The van der Waals surface area contributed by atoms with E-state index in [1.54, 1.807) is 6.20 Å². The predicted octanol–water partition coefficient (Wildman–Crippen LogP) is 3.86. The Labute approximate surface area is 130 Å². The van der Waals surface area contributed by atoms with Crippen LogP contribution in [0.15, 0.2) is 30.5 Å². The van der Waals surface area contributed by atoms with Crippen molar-refractivity contribution in [2.75, 3.05) is 5.32 Å². The van der Waals surface area contributed by atoms with Crippen molar-refractivity contribution in [3.8, 4) is 0 Å². The molecule has 0 bridgehead atoms. The number of pyridine rings is 1. The summed E-state index contributed by atoms with van der Waals surface area (Å²) >= 11 is 5.20. The highest BCUT2D eigenvalue weighted by molar-refractivity contribution is 7.80. The van der Waals surface area contributed by atoms with Gasteiger partial charge in [0.05, 0.1) is 16.8 Å². The van der Waals surface area contributed by atoms with E-state index in [1.807, 2.05) is 18.2 Å². The number of hydrogen-bond acceptors (Lipinski definition) is 3. The van der Waals surface area contributed by atoms with Gasteiger partial charge < -0.3 is 11.1 Å². The maximum atomic E-state index is 5.88. The van der Waals surface area contributed by atoms with Crippen LogP contribution in [0.5, 0.6) is 0 Å². The van der Waals surface area contributed by atoms with Crippen LogP contribution in [0.4, 0.5) is 5.69 Å². The van der Waals surface area contributed by atoms with Crippen molar-refractivity contribution >= 4 is 33.8 Å². The maximum Gasteiger partial charge on any atom is 0.107 e. The number of nitrogens with zero attached hydrogens (tertiary/aromatic N) is 1. The third-order valence-electron chi connectivity index (χ3n) is 4.41. The molecule has 1 saturated carbocycles. The number of hydrogen-bond donors (Lipinski definition) is 2. The summed E-state index contributed by atoms with van der Waals surface area (Å²) in [4.78, 5) is 4.86. The van der Waals surface area contributed by atoms with Crippen molar-refractivity contribution in [3.05, 3.63) is 36.0 Å². The minimum atomic E-state index is 0.403. The summed E-state index contributed by atoms with van der Waals surface area (Å²) in [5, 5.41) is 4.79. The number of para-hydroxylation sites is 1. The highest BCUT2D eigenvalue weighted by Crippen LogP contribution is 2.31. The molecule has 0 spiro atoms. The first-order valence-electron chi connectivity index (χ1n) is 7.59. The summed E-state index contributed by atoms with van der Waals surface area (Å²) in [6, 6.07) is 8.63. The van der Waals surface area contributed by atoms with Crippen LogP contribution in [-0.4, -0.2) is 16.0 Å². The Morgan fingerprint density at radius 3 is 2.67 bits per heavy atom. The van der Waals surface area contributed by atoms with E-state index in [9.17, 15) is 0 Å². The van der Waals surface area contributed by atoms with Crippen molar-refractivity contribution in [2.24, 2.45) is 11.7 Å². The minimum absolute atomic E-state index is 0.403. The summed E-state index contributed by atoms with van der Waals surface area (Å²) in [7, 11) is 0. The molecule has 4 heteroatoms. The Morgan fingerprint density at radius 1 is 1.24 bits per heavy atom. The predicted molar refractivity (Wildman–Crippen MR) is 92.7 cm³/mol. The quantitative estimate of drug-likeness (QED) is 0.845. The van der Waals surface area contributed by atoms with Crippen LogP contribution in [0.25, 0.3) is 10.9 Å². The molecule has 1 fully saturated rings. The van der Waals surface area contributed by atoms with Crippen molar-refractivity contribution in [3.63, 3.8) is 0 Å². The first kappa shape index (κ1) is 14.3. The van der Waals surface area contributed by atoms with Gasteiger partial charge in [0.25, 0.3) is 0 Å². The van der Waals surface area contributed by atoms with Gasteiger partial charge in [0, 0.05) is 17.6 Å². The highest BCUT2D eigenvalue weighted by Gasteiger charge is 2.20. The van der Waals surface area contributed by atoms with Crippen LogP contribution >= 0.6 is 12.2 Å². The van der Waals surface area contributed by atoms with Crippen LogP contribution in [0.3, 0.4) is 0 Å². The highest BCUT2D eigenvalue weighted by atomic mass is 32.1. The smallest absolute Gasteiger partial charge is 0.107 e. The number of fused-ring (bicyclic) bond motifs is 1. The largest absolute Gasteiger partial charge is 0.389 e. The molecule has 3 nitrogen and oxygen atoms in total. The third kappa shape index (κ3) is 3.00. The van der Waals surface area contributed by atoms with Gasteiger partial charge in [-0.2, -0.15) is 0 Å². The Bertz CT molecular complexity index is 660. The molecule has 0 unspecified atom stereocenters. The Hall–Kier alpha value is -1.68. The molecule has 110 valence electrons. The van der Waals surface area contributed by atoms with E-state index in [1.165, 1.54) is 25.7 Å². The number of nitrogens with one attached hydrogen (secondary N) is 1. The Balaban J connectivity index is 1.98. The summed E-state index contributed by atoms with van der Waals surface area (Å²) in [6.45, 7) is 2.33. The standard InChI is InChI=1S/C17H21N3S/c1-11-6-8-12(9-7-11)20-16-13-4-2-3-5-15(13)19-10-14(16)17(18)21/h2-5,10-12H,6-9H2,1H3,(H2,18,21)(H,19,20). The molecular formula is C17H21N3S. The van der Waals surface area contributed by atoms with Crippen LogP contribution in [0, 0.1) is 5.92 Å². The monoisotopic (exact) mass is 299 g/mol. The fraction of sp³-hybridized carbons (Fsp3) is 0.412. The average Bonchev–Trinajstić information content (AvgIpc) is 2.49. The van der Waals surface area contributed by atoms with Crippen LogP contribution in [0.2, 0.25) is 0 Å². The minimum Gasteiger partial charge on any atom is -0.389 e. The molecule has 0 saturated heterocycles.